The highest BCUT2D eigenvalue weighted by Gasteiger charge is 2.23. The lowest BCUT2D eigenvalue weighted by molar-refractivity contribution is -0.146. The largest absolute Gasteiger partial charge is 0.497 e. The molecule has 0 aliphatic rings. The van der Waals surface area contributed by atoms with Crippen molar-refractivity contribution >= 4 is 56.0 Å². The maximum Gasteiger partial charge on any atom is 0.310 e. The predicted octanol–water partition coefficient (Wildman–Crippen LogP) is 4.27. The van der Waals surface area contributed by atoms with Gasteiger partial charge in [0.25, 0.3) is 11.8 Å². The normalized spacial score (nSPS) is 11.5. The van der Waals surface area contributed by atoms with Gasteiger partial charge in [-0.25, -0.2) is 12.7 Å². The van der Waals surface area contributed by atoms with E-state index in [2.05, 4.69) is 5.32 Å². The van der Waals surface area contributed by atoms with Crippen molar-refractivity contribution in [1.29, 1.82) is 0 Å². The van der Waals surface area contributed by atoms with E-state index in [9.17, 15) is 22.8 Å². The molecule has 1 aromatic heterocycles. The first-order valence-electron chi connectivity index (χ1n) is 12.4. The lowest BCUT2D eigenvalue weighted by atomic mass is 10.1. The fourth-order valence-corrected chi connectivity index (χ4v) is 5.35. The SMILES string of the molecule is COc1ccc2c(c1)c(CC(=O)OCC(=O)Nc1cccc(S(=O)(=O)N(C)C)c1)c(C)n2C(=O)c1ccc(Cl)cc1. The Labute approximate surface area is 242 Å². The Balaban J connectivity index is 1.52. The van der Waals surface area contributed by atoms with Gasteiger partial charge in [-0.3, -0.25) is 19.0 Å². The van der Waals surface area contributed by atoms with Crippen LogP contribution < -0.4 is 10.1 Å². The van der Waals surface area contributed by atoms with Crippen LogP contribution in [0, 0.1) is 6.92 Å². The zero-order valence-electron chi connectivity index (χ0n) is 22.8. The molecule has 0 fully saturated rings. The van der Waals surface area contributed by atoms with Crippen molar-refractivity contribution < 1.29 is 32.3 Å². The first-order chi connectivity index (χ1) is 19.4. The number of nitrogens with zero attached hydrogens (tertiary/aromatic N) is 2. The Kier molecular flexibility index (Phi) is 8.81. The molecule has 4 aromatic rings. The quantitative estimate of drug-likeness (QED) is 0.286. The maximum absolute atomic E-state index is 13.4. The second-order valence-corrected chi connectivity index (χ2v) is 11.9. The third kappa shape index (κ3) is 6.43. The monoisotopic (exact) mass is 597 g/mol. The number of sulfonamides is 1. The van der Waals surface area contributed by atoms with Gasteiger partial charge >= 0.3 is 5.97 Å². The fraction of sp³-hybridized carbons (Fsp3) is 0.207. The minimum Gasteiger partial charge on any atom is -0.497 e. The van der Waals surface area contributed by atoms with Crippen LogP contribution in [0.4, 0.5) is 5.69 Å². The number of benzene rings is 3. The highest BCUT2D eigenvalue weighted by Crippen LogP contribution is 2.31. The van der Waals surface area contributed by atoms with Gasteiger partial charge in [0.1, 0.15) is 5.75 Å². The molecule has 4 rings (SSSR count). The van der Waals surface area contributed by atoms with Crippen molar-refractivity contribution in [3.05, 3.63) is 88.6 Å². The van der Waals surface area contributed by atoms with E-state index in [1.54, 1.807) is 49.4 Å². The Morgan fingerprint density at radius 1 is 1.00 bits per heavy atom. The molecule has 0 radical (unpaired) electrons. The molecule has 0 aliphatic carbocycles. The molecule has 41 heavy (non-hydrogen) atoms. The summed E-state index contributed by atoms with van der Waals surface area (Å²) < 4.78 is 37.9. The van der Waals surface area contributed by atoms with Crippen molar-refractivity contribution in [2.24, 2.45) is 0 Å². The molecule has 1 N–H and O–H groups in total. The van der Waals surface area contributed by atoms with Gasteiger partial charge in [-0.15, -0.1) is 0 Å². The summed E-state index contributed by atoms with van der Waals surface area (Å²) in [6, 6.07) is 17.4. The average molecular weight is 598 g/mol. The van der Waals surface area contributed by atoms with Crippen molar-refractivity contribution in [1.82, 2.24) is 8.87 Å². The number of carbonyl (C=O) groups excluding carboxylic acids is 3. The molecule has 12 heteroatoms. The predicted molar refractivity (Wildman–Crippen MR) is 155 cm³/mol. The fourth-order valence-electron chi connectivity index (χ4n) is 4.28. The van der Waals surface area contributed by atoms with Crippen molar-refractivity contribution in [2.75, 3.05) is 33.1 Å². The molecule has 0 saturated carbocycles. The number of ether oxygens (including phenoxy) is 2. The van der Waals surface area contributed by atoms with Crippen LogP contribution in [0.25, 0.3) is 10.9 Å². The van der Waals surface area contributed by atoms with E-state index in [-0.39, 0.29) is 22.9 Å². The number of carbonyl (C=O) groups is 3. The molecular formula is C29H28ClN3O7S. The highest BCUT2D eigenvalue weighted by molar-refractivity contribution is 7.89. The van der Waals surface area contributed by atoms with Gasteiger partial charge in [0.15, 0.2) is 6.61 Å². The molecule has 3 aromatic carbocycles. The van der Waals surface area contributed by atoms with Gasteiger partial charge in [0.05, 0.1) is 23.9 Å². The molecule has 0 spiro atoms. The summed E-state index contributed by atoms with van der Waals surface area (Å²) in [5.41, 5.74) is 2.32. The molecule has 0 bridgehead atoms. The minimum absolute atomic E-state index is 0.00716. The molecule has 1 amide bonds. The van der Waals surface area contributed by atoms with Gasteiger partial charge in [0.2, 0.25) is 10.0 Å². The number of halogens is 1. The first-order valence-corrected chi connectivity index (χ1v) is 14.2. The molecule has 10 nitrogen and oxygen atoms in total. The molecule has 0 saturated heterocycles. The zero-order chi connectivity index (χ0) is 29.9. The van der Waals surface area contributed by atoms with E-state index in [1.165, 1.54) is 50.0 Å². The summed E-state index contributed by atoms with van der Waals surface area (Å²) in [5, 5.41) is 3.66. The third-order valence-electron chi connectivity index (χ3n) is 6.42. The molecule has 0 unspecified atom stereocenters. The van der Waals surface area contributed by atoms with Crippen LogP contribution in [-0.2, 0) is 30.8 Å². The Morgan fingerprint density at radius 2 is 1.71 bits per heavy atom. The van der Waals surface area contributed by atoms with Crippen LogP contribution in [0.15, 0.2) is 71.6 Å². The van der Waals surface area contributed by atoms with Crippen LogP contribution in [0.2, 0.25) is 5.02 Å². The number of hydrogen-bond donors (Lipinski definition) is 1. The van der Waals surface area contributed by atoms with Crippen molar-refractivity contribution in [3.63, 3.8) is 0 Å². The highest BCUT2D eigenvalue weighted by atomic mass is 35.5. The Morgan fingerprint density at radius 3 is 2.37 bits per heavy atom. The van der Waals surface area contributed by atoms with Crippen LogP contribution in [0.3, 0.4) is 0 Å². The Hall–Kier alpha value is -4.19. The van der Waals surface area contributed by atoms with Crippen LogP contribution in [0.5, 0.6) is 5.75 Å². The topological polar surface area (TPSA) is 124 Å². The van der Waals surface area contributed by atoms with E-state index < -0.39 is 28.5 Å². The number of amides is 1. The first kappa shape index (κ1) is 29.8. The average Bonchev–Trinajstić information content (AvgIpc) is 3.21. The van der Waals surface area contributed by atoms with Crippen LogP contribution in [0.1, 0.15) is 21.6 Å². The number of esters is 1. The molecule has 214 valence electrons. The summed E-state index contributed by atoms with van der Waals surface area (Å²) in [4.78, 5) is 38.8. The molecule has 0 aliphatic heterocycles. The van der Waals surface area contributed by atoms with Gasteiger partial charge in [-0.05, 0) is 73.2 Å². The number of aromatic nitrogens is 1. The summed E-state index contributed by atoms with van der Waals surface area (Å²) >= 11 is 5.98. The summed E-state index contributed by atoms with van der Waals surface area (Å²) in [6.07, 6.45) is -0.208. The number of fused-ring (bicyclic) bond motifs is 1. The summed E-state index contributed by atoms with van der Waals surface area (Å²) in [7, 11) is 0.636. The second-order valence-electron chi connectivity index (χ2n) is 9.30. The zero-order valence-corrected chi connectivity index (χ0v) is 24.4. The van der Waals surface area contributed by atoms with E-state index in [1.807, 2.05) is 0 Å². The standard InChI is InChI=1S/C29H28ClN3O7S/c1-18-24(16-28(35)40-17-27(34)31-21-6-5-7-23(14-21)41(37,38)32(2)3)25-15-22(39-4)12-13-26(25)33(18)29(36)19-8-10-20(30)11-9-19/h5-15H,16-17H2,1-4H3,(H,31,34). The Bertz CT molecular complexity index is 1750. The number of hydrogen-bond acceptors (Lipinski definition) is 7. The molecular weight excluding hydrogens is 570 g/mol. The van der Waals surface area contributed by atoms with E-state index in [0.29, 0.717) is 38.5 Å². The lowest BCUT2D eigenvalue weighted by Gasteiger charge is -2.13. The van der Waals surface area contributed by atoms with Gasteiger partial charge in [-0.1, -0.05) is 17.7 Å². The van der Waals surface area contributed by atoms with Crippen LogP contribution in [-0.4, -0.2) is 62.9 Å². The van der Waals surface area contributed by atoms with E-state index in [0.717, 1.165) is 4.31 Å². The number of nitrogens with one attached hydrogen (secondary N) is 1. The van der Waals surface area contributed by atoms with Gasteiger partial charge in [-0.2, -0.15) is 0 Å². The summed E-state index contributed by atoms with van der Waals surface area (Å²) in [6.45, 7) is 1.14. The second kappa shape index (κ2) is 12.1. The lowest BCUT2D eigenvalue weighted by Crippen LogP contribution is -2.23. The molecule has 1 heterocycles. The third-order valence-corrected chi connectivity index (χ3v) is 8.48. The van der Waals surface area contributed by atoms with Crippen molar-refractivity contribution in [2.45, 2.75) is 18.2 Å². The van der Waals surface area contributed by atoms with E-state index >= 15 is 0 Å². The van der Waals surface area contributed by atoms with Gasteiger partial charge in [0, 0.05) is 41.4 Å². The van der Waals surface area contributed by atoms with Gasteiger partial charge < -0.3 is 14.8 Å². The summed E-state index contributed by atoms with van der Waals surface area (Å²) in [5.74, 6) is -1.09. The van der Waals surface area contributed by atoms with Crippen LogP contribution >= 0.6 is 11.6 Å². The van der Waals surface area contributed by atoms with E-state index in [4.69, 9.17) is 21.1 Å². The number of anilines is 1. The number of methoxy groups -OCH3 is 1. The smallest absolute Gasteiger partial charge is 0.310 e. The molecule has 0 atom stereocenters. The van der Waals surface area contributed by atoms with Crippen molar-refractivity contribution in [3.8, 4) is 5.75 Å². The minimum atomic E-state index is -3.69. The number of rotatable bonds is 9. The maximum atomic E-state index is 13.4.